The number of hydrogen-bond donors (Lipinski definition) is 0. The molecular formula is C12H14IN3O. The molecule has 0 saturated heterocycles. The van der Waals surface area contributed by atoms with Crippen LogP contribution in [0.3, 0.4) is 0 Å². The summed E-state index contributed by atoms with van der Waals surface area (Å²) in [6.45, 7) is 4.70. The largest absolute Gasteiger partial charge is 0.496 e. The number of aromatic nitrogens is 3. The smallest absolute Gasteiger partial charge is 0.128 e. The van der Waals surface area contributed by atoms with E-state index in [2.05, 4.69) is 32.7 Å². The monoisotopic (exact) mass is 343 g/mol. The fraction of sp³-hybridized carbons (Fsp3) is 0.333. The lowest BCUT2D eigenvalue weighted by molar-refractivity contribution is 0.406. The van der Waals surface area contributed by atoms with Crippen LogP contribution in [0.4, 0.5) is 0 Å². The zero-order valence-corrected chi connectivity index (χ0v) is 12.2. The Bertz CT molecular complexity index is 537. The van der Waals surface area contributed by atoms with Crippen LogP contribution in [0.2, 0.25) is 0 Å². The normalized spacial score (nSPS) is 10.6. The van der Waals surface area contributed by atoms with Gasteiger partial charge in [-0.1, -0.05) is 0 Å². The molecule has 0 spiro atoms. The van der Waals surface area contributed by atoms with Crippen molar-refractivity contribution in [3.8, 4) is 5.75 Å². The maximum absolute atomic E-state index is 5.39. The number of rotatable bonds is 3. The highest BCUT2D eigenvalue weighted by molar-refractivity contribution is 14.1. The Labute approximate surface area is 114 Å². The van der Waals surface area contributed by atoms with E-state index in [0.29, 0.717) is 6.54 Å². The van der Waals surface area contributed by atoms with Crippen molar-refractivity contribution in [3.63, 3.8) is 0 Å². The number of nitrogens with zero attached hydrogens (tertiary/aromatic N) is 3. The lowest BCUT2D eigenvalue weighted by Gasteiger charge is -2.12. The summed E-state index contributed by atoms with van der Waals surface area (Å²) in [5, 5.41) is 4.26. The van der Waals surface area contributed by atoms with Crippen molar-refractivity contribution in [3.05, 3.63) is 39.0 Å². The van der Waals surface area contributed by atoms with E-state index in [0.717, 1.165) is 26.1 Å². The van der Waals surface area contributed by atoms with E-state index in [1.54, 1.807) is 7.11 Å². The third kappa shape index (κ3) is 2.59. The average Bonchev–Trinajstić information content (AvgIpc) is 2.69. The zero-order chi connectivity index (χ0) is 12.4. The van der Waals surface area contributed by atoms with Gasteiger partial charge in [-0.3, -0.25) is 9.67 Å². The lowest BCUT2D eigenvalue weighted by Crippen LogP contribution is -2.06. The molecule has 2 aromatic heterocycles. The minimum atomic E-state index is 0.672. The molecule has 0 aliphatic rings. The van der Waals surface area contributed by atoms with E-state index in [9.17, 15) is 0 Å². The molecule has 0 atom stereocenters. The van der Waals surface area contributed by atoms with E-state index < -0.39 is 0 Å². The Kier molecular flexibility index (Phi) is 3.66. The van der Waals surface area contributed by atoms with Gasteiger partial charge in [-0.25, -0.2) is 0 Å². The number of ether oxygens (including phenoxy) is 1. The standard InChI is InChI=1S/C12H14IN3O/c1-8-4-14-11(9(2)12(8)17-3)7-16-6-10(13)5-15-16/h4-6H,7H2,1-3H3. The fourth-order valence-electron chi connectivity index (χ4n) is 1.81. The summed E-state index contributed by atoms with van der Waals surface area (Å²) in [7, 11) is 1.69. The summed E-state index contributed by atoms with van der Waals surface area (Å²) < 4.78 is 8.39. The van der Waals surface area contributed by atoms with Crippen LogP contribution in [-0.4, -0.2) is 21.9 Å². The molecule has 4 nitrogen and oxygen atoms in total. The van der Waals surface area contributed by atoms with Gasteiger partial charge in [-0.15, -0.1) is 0 Å². The molecule has 2 rings (SSSR count). The first kappa shape index (κ1) is 12.3. The summed E-state index contributed by atoms with van der Waals surface area (Å²) >= 11 is 2.24. The van der Waals surface area contributed by atoms with Crippen LogP contribution in [-0.2, 0) is 6.54 Å². The topological polar surface area (TPSA) is 39.9 Å². The molecule has 0 fully saturated rings. The summed E-state index contributed by atoms with van der Waals surface area (Å²) in [4.78, 5) is 4.45. The number of methoxy groups -OCH3 is 1. The van der Waals surface area contributed by atoms with E-state index in [-0.39, 0.29) is 0 Å². The molecule has 2 aromatic rings. The van der Waals surface area contributed by atoms with Crippen molar-refractivity contribution in [2.45, 2.75) is 20.4 Å². The Balaban J connectivity index is 2.33. The third-order valence-corrected chi connectivity index (χ3v) is 3.22. The number of hydrogen-bond acceptors (Lipinski definition) is 3. The van der Waals surface area contributed by atoms with E-state index in [4.69, 9.17) is 4.74 Å². The molecular weight excluding hydrogens is 329 g/mol. The average molecular weight is 343 g/mol. The van der Waals surface area contributed by atoms with E-state index in [1.807, 2.05) is 37.1 Å². The van der Waals surface area contributed by atoms with Crippen LogP contribution in [0, 0.1) is 17.4 Å². The van der Waals surface area contributed by atoms with Crippen LogP contribution < -0.4 is 4.74 Å². The number of aryl methyl sites for hydroxylation is 1. The molecule has 0 amide bonds. The molecule has 0 aliphatic heterocycles. The second kappa shape index (κ2) is 5.03. The Morgan fingerprint density at radius 3 is 2.71 bits per heavy atom. The third-order valence-electron chi connectivity index (χ3n) is 2.66. The van der Waals surface area contributed by atoms with Crippen molar-refractivity contribution in [1.29, 1.82) is 0 Å². The maximum atomic E-state index is 5.39. The summed E-state index contributed by atoms with van der Waals surface area (Å²) in [5.74, 6) is 0.914. The first-order valence-electron chi connectivity index (χ1n) is 5.29. The Morgan fingerprint density at radius 2 is 2.12 bits per heavy atom. The van der Waals surface area contributed by atoms with Gasteiger partial charge in [0, 0.05) is 23.5 Å². The van der Waals surface area contributed by atoms with Gasteiger partial charge in [0.1, 0.15) is 5.75 Å². The van der Waals surface area contributed by atoms with E-state index >= 15 is 0 Å². The number of pyridine rings is 1. The molecule has 5 heteroatoms. The molecule has 0 unspecified atom stereocenters. The first-order chi connectivity index (χ1) is 8.11. The van der Waals surface area contributed by atoms with Crippen molar-refractivity contribution in [2.24, 2.45) is 0 Å². The lowest BCUT2D eigenvalue weighted by atomic mass is 10.1. The summed E-state index contributed by atoms with van der Waals surface area (Å²) in [6, 6.07) is 0. The highest BCUT2D eigenvalue weighted by Crippen LogP contribution is 2.24. The van der Waals surface area contributed by atoms with Gasteiger partial charge in [0.25, 0.3) is 0 Å². The second-order valence-electron chi connectivity index (χ2n) is 3.90. The van der Waals surface area contributed by atoms with Gasteiger partial charge < -0.3 is 4.74 Å². The molecule has 0 aromatic carbocycles. The summed E-state index contributed by atoms with van der Waals surface area (Å²) in [5.41, 5.74) is 3.13. The van der Waals surface area contributed by atoms with Gasteiger partial charge in [0.2, 0.25) is 0 Å². The van der Waals surface area contributed by atoms with Crippen molar-refractivity contribution >= 4 is 22.6 Å². The number of halogens is 1. The SMILES string of the molecule is COc1c(C)cnc(Cn2cc(I)cn2)c1C. The molecule has 2 heterocycles. The van der Waals surface area contributed by atoms with Gasteiger partial charge in [-0.05, 0) is 36.4 Å². The Hall–Kier alpha value is -1.11. The van der Waals surface area contributed by atoms with Gasteiger partial charge in [0.15, 0.2) is 0 Å². The molecule has 17 heavy (non-hydrogen) atoms. The van der Waals surface area contributed by atoms with Gasteiger partial charge in [-0.2, -0.15) is 5.10 Å². The summed E-state index contributed by atoms with van der Waals surface area (Å²) in [6.07, 6.45) is 5.67. The van der Waals surface area contributed by atoms with Crippen LogP contribution >= 0.6 is 22.6 Å². The minimum absolute atomic E-state index is 0.672. The first-order valence-corrected chi connectivity index (χ1v) is 6.36. The molecule has 90 valence electrons. The zero-order valence-electron chi connectivity index (χ0n) is 10.1. The molecule has 0 N–H and O–H groups in total. The quantitative estimate of drug-likeness (QED) is 0.805. The van der Waals surface area contributed by atoms with Gasteiger partial charge in [0.05, 0.1) is 29.1 Å². The van der Waals surface area contributed by atoms with Crippen LogP contribution in [0.1, 0.15) is 16.8 Å². The molecule has 0 aliphatic carbocycles. The van der Waals surface area contributed by atoms with Crippen molar-refractivity contribution in [2.75, 3.05) is 7.11 Å². The predicted octanol–water partition coefficient (Wildman–Crippen LogP) is 2.56. The second-order valence-corrected chi connectivity index (χ2v) is 5.15. The van der Waals surface area contributed by atoms with Crippen LogP contribution in [0.25, 0.3) is 0 Å². The predicted molar refractivity (Wildman–Crippen MR) is 74.3 cm³/mol. The van der Waals surface area contributed by atoms with E-state index in [1.165, 1.54) is 0 Å². The Morgan fingerprint density at radius 1 is 1.35 bits per heavy atom. The highest BCUT2D eigenvalue weighted by atomic mass is 127. The van der Waals surface area contributed by atoms with Crippen LogP contribution in [0.15, 0.2) is 18.6 Å². The van der Waals surface area contributed by atoms with Crippen LogP contribution in [0.5, 0.6) is 5.75 Å². The molecule has 0 saturated carbocycles. The van der Waals surface area contributed by atoms with Crippen molar-refractivity contribution in [1.82, 2.24) is 14.8 Å². The highest BCUT2D eigenvalue weighted by Gasteiger charge is 2.10. The minimum Gasteiger partial charge on any atom is -0.496 e. The van der Waals surface area contributed by atoms with Gasteiger partial charge >= 0.3 is 0 Å². The maximum Gasteiger partial charge on any atom is 0.128 e. The fourth-order valence-corrected chi connectivity index (χ4v) is 2.25. The van der Waals surface area contributed by atoms with Crippen molar-refractivity contribution < 1.29 is 4.74 Å². The molecule has 0 bridgehead atoms. The molecule has 0 radical (unpaired) electrons.